The highest BCUT2D eigenvalue weighted by Crippen LogP contribution is 2.22. The molecule has 0 spiro atoms. The van der Waals surface area contributed by atoms with Crippen molar-refractivity contribution in [3.63, 3.8) is 0 Å². The van der Waals surface area contributed by atoms with Gasteiger partial charge in [-0.3, -0.25) is 0 Å². The molecule has 0 radical (unpaired) electrons. The van der Waals surface area contributed by atoms with Gasteiger partial charge in [0.2, 0.25) is 11.6 Å². The maximum Gasteiger partial charge on any atom is 0.253 e. The molecule has 0 fully saturated rings. The number of nitrogens with one attached hydrogen (secondary N) is 1. The number of anilines is 1. The Balaban J connectivity index is 2.24. The molecule has 0 aliphatic heterocycles. The molecule has 2 rings (SSSR count). The summed E-state index contributed by atoms with van der Waals surface area (Å²) in [6.45, 7) is 0.0393. The molecular formula is C12H8F4N2. The van der Waals surface area contributed by atoms with E-state index in [4.69, 9.17) is 0 Å². The molecule has 0 saturated heterocycles. The molecule has 2 aromatic rings. The van der Waals surface area contributed by atoms with Gasteiger partial charge in [-0.15, -0.1) is 0 Å². The maximum atomic E-state index is 13.2. The number of rotatable bonds is 3. The summed E-state index contributed by atoms with van der Waals surface area (Å²) in [6.07, 6.45) is 0. The van der Waals surface area contributed by atoms with Crippen molar-refractivity contribution >= 4 is 5.69 Å². The van der Waals surface area contributed by atoms with Gasteiger partial charge in [0.15, 0.2) is 0 Å². The van der Waals surface area contributed by atoms with E-state index in [9.17, 15) is 17.6 Å². The molecule has 6 heteroatoms. The topological polar surface area (TPSA) is 24.9 Å². The van der Waals surface area contributed by atoms with Crippen LogP contribution in [-0.2, 0) is 6.54 Å². The SMILES string of the molecule is Fc1nc(F)c(F)c(NCc2ccccc2)c1F. The van der Waals surface area contributed by atoms with Crippen LogP contribution in [0, 0.1) is 23.5 Å². The second-order valence-electron chi connectivity index (χ2n) is 3.54. The van der Waals surface area contributed by atoms with Crippen LogP contribution >= 0.6 is 0 Å². The van der Waals surface area contributed by atoms with Crippen LogP contribution < -0.4 is 5.32 Å². The summed E-state index contributed by atoms with van der Waals surface area (Å²) in [4.78, 5) is 2.47. The van der Waals surface area contributed by atoms with E-state index in [2.05, 4.69) is 10.3 Å². The number of hydrogen-bond donors (Lipinski definition) is 1. The molecule has 0 atom stereocenters. The van der Waals surface area contributed by atoms with Crippen LogP contribution in [0.2, 0.25) is 0 Å². The van der Waals surface area contributed by atoms with Crippen molar-refractivity contribution in [2.45, 2.75) is 6.54 Å². The van der Waals surface area contributed by atoms with Crippen LogP contribution in [0.15, 0.2) is 30.3 Å². The number of hydrogen-bond acceptors (Lipinski definition) is 2. The number of pyridine rings is 1. The van der Waals surface area contributed by atoms with Crippen molar-refractivity contribution in [1.29, 1.82) is 0 Å². The molecule has 1 aromatic heterocycles. The lowest BCUT2D eigenvalue weighted by Crippen LogP contribution is -2.09. The second kappa shape index (κ2) is 5.03. The van der Waals surface area contributed by atoms with Gasteiger partial charge in [0, 0.05) is 6.54 Å². The summed E-state index contributed by atoms with van der Waals surface area (Å²) in [5.74, 6) is -6.43. The molecule has 0 aliphatic carbocycles. The first-order valence-corrected chi connectivity index (χ1v) is 5.07. The Hall–Kier alpha value is -2.11. The molecule has 18 heavy (non-hydrogen) atoms. The number of benzene rings is 1. The van der Waals surface area contributed by atoms with Gasteiger partial charge in [0.05, 0.1) is 0 Å². The van der Waals surface area contributed by atoms with Crippen LogP contribution in [0.1, 0.15) is 5.56 Å². The van der Waals surface area contributed by atoms with E-state index >= 15 is 0 Å². The Morgan fingerprint density at radius 3 is 2.00 bits per heavy atom. The summed E-state index contributed by atoms with van der Waals surface area (Å²) >= 11 is 0. The zero-order chi connectivity index (χ0) is 13.1. The molecular weight excluding hydrogens is 248 g/mol. The van der Waals surface area contributed by atoms with Crippen LogP contribution in [-0.4, -0.2) is 4.98 Å². The lowest BCUT2D eigenvalue weighted by molar-refractivity contribution is 0.410. The lowest BCUT2D eigenvalue weighted by Gasteiger charge is -2.09. The first-order chi connectivity index (χ1) is 8.59. The molecule has 0 bridgehead atoms. The van der Waals surface area contributed by atoms with Crippen molar-refractivity contribution in [1.82, 2.24) is 4.98 Å². The summed E-state index contributed by atoms with van der Waals surface area (Å²) in [7, 11) is 0. The van der Waals surface area contributed by atoms with Crippen LogP contribution in [0.3, 0.4) is 0 Å². The Labute approximate surface area is 100 Å². The minimum Gasteiger partial charge on any atom is -0.376 e. The highest BCUT2D eigenvalue weighted by molar-refractivity contribution is 5.45. The monoisotopic (exact) mass is 256 g/mol. The van der Waals surface area contributed by atoms with E-state index in [1.807, 2.05) is 0 Å². The molecule has 94 valence electrons. The van der Waals surface area contributed by atoms with E-state index in [0.717, 1.165) is 0 Å². The quantitative estimate of drug-likeness (QED) is 0.673. The van der Waals surface area contributed by atoms with Crippen molar-refractivity contribution in [3.8, 4) is 0 Å². The van der Waals surface area contributed by atoms with Gasteiger partial charge in [0.1, 0.15) is 5.69 Å². The number of nitrogens with zero attached hydrogens (tertiary/aromatic N) is 1. The highest BCUT2D eigenvalue weighted by atomic mass is 19.2. The molecule has 1 N–H and O–H groups in total. The first-order valence-electron chi connectivity index (χ1n) is 5.07. The molecule has 1 heterocycles. The average Bonchev–Trinajstić information content (AvgIpc) is 2.38. The third-order valence-electron chi connectivity index (χ3n) is 2.31. The standard InChI is InChI=1S/C12H8F4N2/c13-8-10(9(14)12(16)18-11(8)15)17-6-7-4-2-1-3-5-7/h1-5H,6H2,(H,17,18). The number of aromatic nitrogens is 1. The molecule has 0 unspecified atom stereocenters. The van der Waals surface area contributed by atoms with Gasteiger partial charge in [-0.2, -0.15) is 22.5 Å². The molecule has 0 saturated carbocycles. The lowest BCUT2D eigenvalue weighted by atomic mass is 10.2. The van der Waals surface area contributed by atoms with Gasteiger partial charge >= 0.3 is 0 Å². The normalized spacial score (nSPS) is 10.4. The highest BCUT2D eigenvalue weighted by Gasteiger charge is 2.20. The molecule has 0 amide bonds. The minimum absolute atomic E-state index is 0.0393. The second-order valence-corrected chi connectivity index (χ2v) is 3.54. The Kier molecular flexibility index (Phi) is 3.45. The van der Waals surface area contributed by atoms with Crippen molar-refractivity contribution in [3.05, 3.63) is 59.4 Å². The van der Waals surface area contributed by atoms with Crippen LogP contribution in [0.25, 0.3) is 0 Å². The largest absolute Gasteiger partial charge is 0.376 e. The average molecular weight is 256 g/mol. The van der Waals surface area contributed by atoms with Crippen LogP contribution in [0.5, 0.6) is 0 Å². The minimum atomic E-state index is -1.68. The fraction of sp³-hybridized carbons (Fsp3) is 0.0833. The fourth-order valence-electron chi connectivity index (χ4n) is 1.43. The molecule has 1 aromatic carbocycles. The van der Waals surface area contributed by atoms with Gasteiger partial charge in [-0.05, 0) is 5.56 Å². The van der Waals surface area contributed by atoms with Crippen molar-refractivity contribution in [2.75, 3.05) is 5.32 Å². The van der Waals surface area contributed by atoms with E-state index < -0.39 is 29.2 Å². The molecule has 0 aliphatic rings. The maximum absolute atomic E-state index is 13.2. The fourth-order valence-corrected chi connectivity index (χ4v) is 1.43. The van der Waals surface area contributed by atoms with Gasteiger partial charge < -0.3 is 5.32 Å². The van der Waals surface area contributed by atoms with E-state index in [-0.39, 0.29) is 6.54 Å². The van der Waals surface area contributed by atoms with Gasteiger partial charge in [-0.25, -0.2) is 0 Å². The van der Waals surface area contributed by atoms with Crippen molar-refractivity contribution in [2.24, 2.45) is 0 Å². The first kappa shape index (κ1) is 12.3. The Morgan fingerprint density at radius 1 is 0.889 bits per heavy atom. The third kappa shape index (κ3) is 2.42. The predicted molar refractivity (Wildman–Crippen MR) is 57.8 cm³/mol. The molecule has 2 nitrogen and oxygen atoms in total. The summed E-state index contributed by atoms with van der Waals surface area (Å²) in [5.41, 5.74) is -0.141. The van der Waals surface area contributed by atoms with Gasteiger partial charge in [0.25, 0.3) is 11.9 Å². The zero-order valence-electron chi connectivity index (χ0n) is 9.05. The number of halogens is 4. The third-order valence-corrected chi connectivity index (χ3v) is 2.31. The summed E-state index contributed by atoms with van der Waals surface area (Å²) in [5, 5.41) is 2.31. The Morgan fingerprint density at radius 2 is 1.44 bits per heavy atom. The predicted octanol–water partition coefficient (Wildman–Crippen LogP) is 3.25. The summed E-state index contributed by atoms with van der Waals surface area (Å²) in [6, 6.07) is 8.65. The van der Waals surface area contributed by atoms with Crippen molar-refractivity contribution < 1.29 is 17.6 Å². The summed E-state index contributed by atoms with van der Waals surface area (Å²) < 4.78 is 52.1. The smallest absolute Gasteiger partial charge is 0.253 e. The van der Waals surface area contributed by atoms with E-state index in [0.29, 0.717) is 5.56 Å². The zero-order valence-corrected chi connectivity index (χ0v) is 9.05. The van der Waals surface area contributed by atoms with Gasteiger partial charge in [-0.1, -0.05) is 30.3 Å². The Bertz CT molecular complexity index is 531. The van der Waals surface area contributed by atoms with Crippen LogP contribution in [0.4, 0.5) is 23.2 Å². The van der Waals surface area contributed by atoms with E-state index in [1.165, 1.54) is 0 Å². The van der Waals surface area contributed by atoms with E-state index in [1.54, 1.807) is 30.3 Å².